The van der Waals surface area contributed by atoms with Crippen LogP contribution in [0.15, 0.2) is 56.5 Å². The van der Waals surface area contributed by atoms with Crippen LogP contribution < -0.4 is 0 Å². The molecule has 0 aromatic heterocycles. The minimum absolute atomic E-state index is 0.00259. The highest BCUT2D eigenvalue weighted by atomic mass is 16.2. The molecule has 0 radical (unpaired) electrons. The highest BCUT2D eigenvalue weighted by Crippen LogP contribution is 2.63. The fourth-order valence-electron chi connectivity index (χ4n) is 7.24. The maximum absolute atomic E-state index is 14.9. The quantitative estimate of drug-likeness (QED) is 0.490. The SMILES string of the molecule is CC1=C(C)C(=O)[C@]23C(=Nc4cc(C)cc(C)c4[C@]24C(=O)C(C)=C(C)C(=O)C4=Nc2cc(C)cc(C)c23)C1=O. The van der Waals surface area contributed by atoms with Gasteiger partial charge in [0, 0.05) is 33.4 Å². The minimum Gasteiger partial charge on any atom is -0.293 e. The Bertz CT molecular complexity index is 1630. The number of fused-ring (bicyclic) bond motifs is 2. The molecule has 0 saturated carbocycles. The Labute approximate surface area is 221 Å². The summed E-state index contributed by atoms with van der Waals surface area (Å²) in [6.07, 6.45) is 0. The average Bonchev–Trinajstić information content (AvgIpc) is 2.85. The van der Waals surface area contributed by atoms with Crippen LogP contribution in [0.3, 0.4) is 0 Å². The maximum atomic E-state index is 14.9. The predicted molar refractivity (Wildman–Crippen MR) is 146 cm³/mol. The first-order valence-electron chi connectivity index (χ1n) is 12.8. The van der Waals surface area contributed by atoms with Crippen molar-refractivity contribution >= 4 is 45.9 Å². The molecule has 6 heteroatoms. The van der Waals surface area contributed by atoms with Gasteiger partial charge in [0.2, 0.25) is 11.6 Å². The molecule has 4 aliphatic rings. The average molecular weight is 505 g/mol. The number of hydrogen-bond donors (Lipinski definition) is 0. The zero-order valence-corrected chi connectivity index (χ0v) is 22.8. The van der Waals surface area contributed by atoms with Gasteiger partial charge in [-0.2, -0.15) is 0 Å². The van der Waals surface area contributed by atoms with E-state index >= 15 is 0 Å². The van der Waals surface area contributed by atoms with Crippen LogP contribution in [-0.4, -0.2) is 34.6 Å². The lowest BCUT2D eigenvalue weighted by Gasteiger charge is -2.57. The molecular formula is C32H28N2O4. The molecule has 2 aliphatic heterocycles. The molecular weight excluding hydrogens is 476 g/mol. The number of aryl methyl sites for hydroxylation is 4. The summed E-state index contributed by atoms with van der Waals surface area (Å²) in [4.78, 5) is 68.0. The molecule has 0 amide bonds. The van der Waals surface area contributed by atoms with Gasteiger partial charge in [0.25, 0.3) is 0 Å². The van der Waals surface area contributed by atoms with Crippen LogP contribution >= 0.6 is 0 Å². The van der Waals surface area contributed by atoms with Crippen LogP contribution in [0.5, 0.6) is 0 Å². The summed E-state index contributed by atoms with van der Waals surface area (Å²) in [7, 11) is 0. The molecule has 2 spiro atoms. The second-order valence-electron chi connectivity index (χ2n) is 11.2. The number of benzene rings is 2. The first-order valence-corrected chi connectivity index (χ1v) is 12.8. The third-order valence-corrected chi connectivity index (χ3v) is 9.00. The van der Waals surface area contributed by atoms with E-state index in [1.165, 1.54) is 0 Å². The zero-order chi connectivity index (χ0) is 27.6. The molecule has 0 N–H and O–H groups in total. The van der Waals surface area contributed by atoms with Crippen molar-refractivity contribution in [1.82, 2.24) is 0 Å². The number of rotatable bonds is 0. The Balaban J connectivity index is 2.00. The van der Waals surface area contributed by atoms with Crippen molar-refractivity contribution < 1.29 is 19.2 Å². The molecule has 2 heterocycles. The van der Waals surface area contributed by atoms with Crippen LogP contribution in [-0.2, 0) is 30.0 Å². The van der Waals surface area contributed by atoms with E-state index in [1.54, 1.807) is 27.7 Å². The maximum Gasteiger partial charge on any atom is 0.204 e. The number of hydrogen-bond acceptors (Lipinski definition) is 6. The van der Waals surface area contributed by atoms with E-state index in [1.807, 2.05) is 52.0 Å². The summed E-state index contributed by atoms with van der Waals surface area (Å²) < 4.78 is 0. The number of carbonyl (C=O) groups is 4. The van der Waals surface area contributed by atoms with Crippen molar-refractivity contribution in [2.24, 2.45) is 9.98 Å². The van der Waals surface area contributed by atoms with Gasteiger partial charge in [-0.25, -0.2) is 9.98 Å². The summed E-state index contributed by atoms with van der Waals surface area (Å²) in [5.74, 6) is -1.54. The normalized spacial score (nSPS) is 25.9. The van der Waals surface area contributed by atoms with E-state index in [0.717, 1.165) is 22.3 Å². The summed E-state index contributed by atoms with van der Waals surface area (Å²) in [6.45, 7) is 14.1. The molecule has 2 atom stereocenters. The summed E-state index contributed by atoms with van der Waals surface area (Å²) >= 11 is 0. The molecule has 2 aromatic carbocycles. The van der Waals surface area contributed by atoms with Crippen LogP contribution in [0, 0.1) is 27.7 Å². The van der Waals surface area contributed by atoms with Crippen LogP contribution in [0.1, 0.15) is 61.1 Å². The van der Waals surface area contributed by atoms with E-state index in [4.69, 9.17) is 9.98 Å². The van der Waals surface area contributed by atoms with Gasteiger partial charge in [-0.1, -0.05) is 12.1 Å². The second-order valence-corrected chi connectivity index (χ2v) is 11.2. The van der Waals surface area contributed by atoms with Gasteiger partial charge in [-0.3, -0.25) is 19.2 Å². The van der Waals surface area contributed by atoms with E-state index in [-0.39, 0.29) is 45.7 Å². The largest absolute Gasteiger partial charge is 0.293 e. The predicted octanol–water partition coefficient (Wildman–Crippen LogP) is 5.24. The highest BCUT2D eigenvalue weighted by Gasteiger charge is 2.76. The van der Waals surface area contributed by atoms with Gasteiger partial charge in [-0.15, -0.1) is 0 Å². The van der Waals surface area contributed by atoms with E-state index in [9.17, 15) is 19.2 Å². The summed E-state index contributed by atoms with van der Waals surface area (Å²) in [6, 6.07) is 7.50. The lowest BCUT2D eigenvalue weighted by atomic mass is 9.41. The van der Waals surface area contributed by atoms with E-state index < -0.39 is 10.8 Å². The third kappa shape index (κ3) is 2.40. The Hall–Kier alpha value is -4.06. The van der Waals surface area contributed by atoms with Gasteiger partial charge in [0.15, 0.2) is 11.6 Å². The highest BCUT2D eigenvalue weighted by molar-refractivity contribution is 6.65. The first kappa shape index (κ1) is 24.3. The van der Waals surface area contributed by atoms with Gasteiger partial charge >= 0.3 is 0 Å². The molecule has 190 valence electrons. The lowest BCUT2D eigenvalue weighted by Crippen LogP contribution is -2.74. The number of Topliss-reactive ketones (excluding diaryl/α,β-unsaturated/α-hetero) is 4. The Morgan fingerprint density at radius 2 is 0.842 bits per heavy atom. The standard InChI is InChI=1S/C32H28N2O4/c1-13-9-15(3)23-21(11-13)33-27-25(35)17(5)20(8)30(38)32(27)24-16(4)10-14(2)12-22(24)34-28-26(36)18(6)19(7)29(37)31(23,28)32/h9-12H,1-8H3/t31-,32-/m0/s1. The fourth-order valence-corrected chi connectivity index (χ4v) is 7.24. The molecule has 0 bridgehead atoms. The van der Waals surface area contributed by atoms with Crippen LogP contribution in [0.4, 0.5) is 11.4 Å². The van der Waals surface area contributed by atoms with Crippen molar-refractivity contribution in [2.45, 2.75) is 66.2 Å². The van der Waals surface area contributed by atoms with E-state index in [2.05, 4.69) is 0 Å². The smallest absolute Gasteiger partial charge is 0.204 e. The van der Waals surface area contributed by atoms with E-state index in [0.29, 0.717) is 33.6 Å². The van der Waals surface area contributed by atoms with Gasteiger partial charge in [0.1, 0.15) is 22.3 Å². The third-order valence-electron chi connectivity index (χ3n) is 9.00. The van der Waals surface area contributed by atoms with Crippen LogP contribution in [0.25, 0.3) is 0 Å². The number of allylic oxidation sites excluding steroid dienone is 4. The lowest BCUT2D eigenvalue weighted by molar-refractivity contribution is -0.129. The first-order chi connectivity index (χ1) is 17.8. The van der Waals surface area contributed by atoms with Crippen molar-refractivity contribution in [2.75, 3.05) is 0 Å². The molecule has 0 fully saturated rings. The van der Waals surface area contributed by atoms with Crippen molar-refractivity contribution in [3.05, 3.63) is 79.9 Å². The molecule has 38 heavy (non-hydrogen) atoms. The zero-order valence-electron chi connectivity index (χ0n) is 22.8. The second kappa shape index (κ2) is 7.28. The number of carbonyl (C=O) groups excluding carboxylic acids is 4. The van der Waals surface area contributed by atoms with Gasteiger partial charge < -0.3 is 0 Å². The van der Waals surface area contributed by atoms with Gasteiger partial charge in [0.05, 0.1) is 11.4 Å². The minimum atomic E-state index is -1.85. The fraction of sp³-hybridized carbons (Fsp3) is 0.312. The monoisotopic (exact) mass is 504 g/mol. The Morgan fingerprint density at radius 1 is 0.500 bits per heavy atom. The molecule has 6 nitrogen and oxygen atoms in total. The molecule has 2 aliphatic carbocycles. The van der Waals surface area contributed by atoms with Crippen LogP contribution in [0.2, 0.25) is 0 Å². The number of ketones is 4. The molecule has 0 saturated heterocycles. The number of aliphatic imine (C=N–C) groups is 2. The number of nitrogens with zero attached hydrogens (tertiary/aromatic N) is 2. The molecule has 6 rings (SSSR count). The summed E-state index contributed by atoms with van der Waals surface area (Å²) in [5, 5.41) is 0. The topological polar surface area (TPSA) is 93.0 Å². The molecule has 2 aromatic rings. The Kier molecular flexibility index (Phi) is 4.65. The Morgan fingerprint density at radius 3 is 1.18 bits per heavy atom. The van der Waals surface area contributed by atoms with Crippen molar-refractivity contribution in [3.63, 3.8) is 0 Å². The van der Waals surface area contributed by atoms with Crippen molar-refractivity contribution in [1.29, 1.82) is 0 Å². The van der Waals surface area contributed by atoms with Gasteiger partial charge in [-0.05, 0) is 89.8 Å². The summed E-state index contributed by atoms with van der Waals surface area (Å²) in [5.41, 5.74) is 2.51. The van der Waals surface area contributed by atoms with Crippen molar-refractivity contribution in [3.8, 4) is 0 Å². The molecule has 0 unspecified atom stereocenters.